The topological polar surface area (TPSA) is 49.9 Å². The van der Waals surface area contributed by atoms with E-state index in [1.54, 1.807) is 11.4 Å². The van der Waals surface area contributed by atoms with Gasteiger partial charge in [0.2, 0.25) is 10.0 Å². The van der Waals surface area contributed by atoms with Gasteiger partial charge in [-0.05, 0) is 31.1 Å². The van der Waals surface area contributed by atoms with Gasteiger partial charge in [-0.3, -0.25) is 4.90 Å². The summed E-state index contributed by atoms with van der Waals surface area (Å²) in [5, 5.41) is 0. The van der Waals surface area contributed by atoms with E-state index in [1.807, 2.05) is 0 Å². The second kappa shape index (κ2) is 5.80. The van der Waals surface area contributed by atoms with E-state index in [0.29, 0.717) is 19.0 Å². The molecule has 2 saturated heterocycles. The summed E-state index contributed by atoms with van der Waals surface area (Å²) in [7, 11) is -1.25. The zero-order valence-corrected chi connectivity index (χ0v) is 14.1. The van der Waals surface area contributed by atoms with Gasteiger partial charge in [-0.25, -0.2) is 12.7 Å². The lowest BCUT2D eigenvalue weighted by atomic mass is 9.71. The number of sulfonamides is 1. The molecule has 0 amide bonds. The average molecular weight is 316 g/mol. The van der Waals surface area contributed by atoms with Crippen LogP contribution in [-0.4, -0.2) is 69.8 Å². The van der Waals surface area contributed by atoms with Crippen LogP contribution in [0.15, 0.2) is 0 Å². The maximum absolute atomic E-state index is 11.7. The summed E-state index contributed by atoms with van der Waals surface area (Å²) in [5.74, 6) is 0.560. The van der Waals surface area contributed by atoms with Crippen LogP contribution < -0.4 is 0 Å². The highest BCUT2D eigenvalue weighted by atomic mass is 32.2. The molecular formula is C15H28N2O3S. The third-order valence-electron chi connectivity index (χ3n) is 5.99. The van der Waals surface area contributed by atoms with E-state index >= 15 is 0 Å². The molecule has 0 radical (unpaired) electrons. The summed E-state index contributed by atoms with van der Waals surface area (Å²) in [4.78, 5) is 2.66. The lowest BCUT2D eigenvalue weighted by molar-refractivity contribution is 0.0558. The lowest BCUT2D eigenvalue weighted by Gasteiger charge is -2.42. The SMILES string of the molecule is COCC1CN(C2CCC2)CC12CCN(S(C)(=O)=O)CC2. The Kier molecular flexibility index (Phi) is 4.34. The van der Waals surface area contributed by atoms with Crippen LogP contribution in [0, 0.1) is 11.3 Å². The van der Waals surface area contributed by atoms with E-state index in [9.17, 15) is 8.42 Å². The Balaban J connectivity index is 1.69. The summed E-state index contributed by atoms with van der Waals surface area (Å²) >= 11 is 0. The van der Waals surface area contributed by atoms with E-state index in [1.165, 1.54) is 25.5 Å². The number of hydrogen-bond donors (Lipinski definition) is 0. The molecule has 1 saturated carbocycles. The van der Waals surface area contributed by atoms with Crippen molar-refractivity contribution in [3.63, 3.8) is 0 Å². The number of hydrogen-bond acceptors (Lipinski definition) is 4. The molecule has 3 aliphatic rings. The van der Waals surface area contributed by atoms with Crippen LogP contribution in [0.2, 0.25) is 0 Å². The van der Waals surface area contributed by atoms with Gasteiger partial charge in [-0.1, -0.05) is 6.42 Å². The van der Waals surface area contributed by atoms with Crippen molar-refractivity contribution < 1.29 is 13.2 Å². The minimum Gasteiger partial charge on any atom is -0.384 e. The second-order valence-electron chi connectivity index (χ2n) is 7.19. The molecule has 2 aliphatic heterocycles. The molecule has 3 fully saturated rings. The van der Waals surface area contributed by atoms with Crippen LogP contribution in [-0.2, 0) is 14.8 Å². The molecular weight excluding hydrogens is 288 g/mol. The van der Waals surface area contributed by atoms with Crippen molar-refractivity contribution in [2.75, 3.05) is 46.2 Å². The summed E-state index contributed by atoms with van der Waals surface area (Å²) in [6, 6.07) is 0.775. The Morgan fingerprint density at radius 1 is 1.24 bits per heavy atom. The third kappa shape index (κ3) is 3.00. The first kappa shape index (κ1) is 15.7. The minimum atomic E-state index is -3.04. The fourth-order valence-electron chi connectivity index (χ4n) is 4.37. The maximum atomic E-state index is 11.7. The predicted molar refractivity (Wildman–Crippen MR) is 82.7 cm³/mol. The van der Waals surface area contributed by atoms with Crippen LogP contribution in [0.5, 0.6) is 0 Å². The molecule has 6 heteroatoms. The van der Waals surface area contributed by atoms with Crippen molar-refractivity contribution >= 4 is 10.0 Å². The summed E-state index contributed by atoms with van der Waals surface area (Å²) in [6.45, 7) is 4.44. The number of piperidine rings is 1. The van der Waals surface area contributed by atoms with Crippen molar-refractivity contribution in [2.24, 2.45) is 11.3 Å². The summed E-state index contributed by atoms with van der Waals surface area (Å²) in [6.07, 6.45) is 7.34. The molecule has 2 heterocycles. The smallest absolute Gasteiger partial charge is 0.211 e. The number of ether oxygens (including phenoxy) is 1. The molecule has 0 aromatic rings. The fourth-order valence-corrected chi connectivity index (χ4v) is 5.21. The highest BCUT2D eigenvalue weighted by molar-refractivity contribution is 7.88. The molecule has 0 aromatic carbocycles. The van der Waals surface area contributed by atoms with Gasteiger partial charge >= 0.3 is 0 Å². The first-order chi connectivity index (χ1) is 9.94. The van der Waals surface area contributed by atoms with Gasteiger partial charge in [0.25, 0.3) is 0 Å². The highest BCUT2D eigenvalue weighted by Crippen LogP contribution is 2.47. The zero-order chi connectivity index (χ0) is 15.1. The van der Waals surface area contributed by atoms with Crippen molar-refractivity contribution in [3.05, 3.63) is 0 Å². The van der Waals surface area contributed by atoms with Gasteiger partial charge in [0, 0.05) is 45.2 Å². The Hall–Kier alpha value is -0.170. The van der Waals surface area contributed by atoms with E-state index in [4.69, 9.17) is 4.74 Å². The molecule has 3 rings (SSSR count). The largest absolute Gasteiger partial charge is 0.384 e. The Morgan fingerprint density at radius 2 is 1.90 bits per heavy atom. The number of rotatable bonds is 4. The molecule has 1 aliphatic carbocycles. The van der Waals surface area contributed by atoms with E-state index < -0.39 is 10.0 Å². The first-order valence-electron chi connectivity index (χ1n) is 8.13. The number of nitrogens with zero attached hydrogens (tertiary/aromatic N) is 2. The average Bonchev–Trinajstić information content (AvgIpc) is 2.65. The van der Waals surface area contributed by atoms with Gasteiger partial charge in [0.1, 0.15) is 0 Å². The van der Waals surface area contributed by atoms with Gasteiger partial charge in [0.05, 0.1) is 12.9 Å². The summed E-state index contributed by atoms with van der Waals surface area (Å²) < 4.78 is 30.5. The molecule has 5 nitrogen and oxygen atoms in total. The van der Waals surface area contributed by atoms with Crippen LogP contribution in [0.4, 0.5) is 0 Å². The Morgan fingerprint density at radius 3 is 2.38 bits per heavy atom. The molecule has 1 spiro atoms. The van der Waals surface area contributed by atoms with Gasteiger partial charge < -0.3 is 4.74 Å². The molecule has 0 bridgehead atoms. The van der Waals surface area contributed by atoms with Crippen LogP contribution >= 0.6 is 0 Å². The summed E-state index contributed by atoms with van der Waals surface area (Å²) in [5.41, 5.74) is 0.271. The molecule has 1 unspecified atom stereocenters. The van der Waals surface area contributed by atoms with Crippen LogP contribution in [0.1, 0.15) is 32.1 Å². The number of likely N-dealkylation sites (tertiary alicyclic amines) is 1. The first-order valence-corrected chi connectivity index (χ1v) is 9.97. The van der Waals surface area contributed by atoms with Gasteiger partial charge in [-0.15, -0.1) is 0 Å². The second-order valence-corrected chi connectivity index (χ2v) is 9.17. The monoisotopic (exact) mass is 316 g/mol. The maximum Gasteiger partial charge on any atom is 0.211 e. The number of methoxy groups -OCH3 is 1. The predicted octanol–water partition coefficient (Wildman–Crippen LogP) is 1.16. The fraction of sp³-hybridized carbons (Fsp3) is 1.00. The Labute approximate surface area is 128 Å². The van der Waals surface area contributed by atoms with E-state index in [0.717, 1.165) is 38.6 Å². The standard InChI is InChI=1S/C15H28N2O3S/c1-20-11-13-10-16(14-4-3-5-14)12-15(13)6-8-17(9-7-15)21(2,18)19/h13-14H,3-12H2,1-2H3. The van der Waals surface area contributed by atoms with E-state index in [2.05, 4.69) is 4.90 Å². The Bertz CT molecular complexity index is 467. The van der Waals surface area contributed by atoms with Crippen LogP contribution in [0.3, 0.4) is 0 Å². The van der Waals surface area contributed by atoms with Gasteiger partial charge in [0.15, 0.2) is 0 Å². The lowest BCUT2D eigenvalue weighted by Crippen LogP contribution is -2.47. The van der Waals surface area contributed by atoms with Crippen molar-refractivity contribution in [1.29, 1.82) is 0 Å². The normalized spacial score (nSPS) is 31.6. The molecule has 1 atom stereocenters. The van der Waals surface area contributed by atoms with Crippen molar-refractivity contribution in [3.8, 4) is 0 Å². The molecule has 21 heavy (non-hydrogen) atoms. The molecule has 122 valence electrons. The van der Waals surface area contributed by atoms with E-state index in [-0.39, 0.29) is 5.41 Å². The zero-order valence-electron chi connectivity index (χ0n) is 13.3. The molecule has 0 aromatic heterocycles. The van der Waals surface area contributed by atoms with Gasteiger partial charge in [-0.2, -0.15) is 0 Å². The minimum absolute atomic E-state index is 0.271. The van der Waals surface area contributed by atoms with Crippen molar-refractivity contribution in [1.82, 2.24) is 9.21 Å². The van der Waals surface area contributed by atoms with Crippen LogP contribution in [0.25, 0.3) is 0 Å². The third-order valence-corrected chi connectivity index (χ3v) is 7.29. The quantitative estimate of drug-likeness (QED) is 0.781. The van der Waals surface area contributed by atoms with Crippen molar-refractivity contribution in [2.45, 2.75) is 38.1 Å². The highest BCUT2D eigenvalue weighted by Gasteiger charge is 2.50. The molecule has 0 N–H and O–H groups in total.